The van der Waals surface area contributed by atoms with Crippen LogP contribution in [0.25, 0.3) is 21.8 Å². The van der Waals surface area contributed by atoms with Crippen LogP contribution in [0.5, 0.6) is 0 Å². The van der Waals surface area contributed by atoms with Crippen molar-refractivity contribution >= 4 is 21.8 Å². The van der Waals surface area contributed by atoms with Gasteiger partial charge < -0.3 is 4.98 Å². The molecule has 0 amide bonds. The summed E-state index contributed by atoms with van der Waals surface area (Å²) >= 11 is 0. The Morgan fingerprint density at radius 1 is 0.643 bits per heavy atom. The van der Waals surface area contributed by atoms with Crippen molar-refractivity contribution in [3.63, 3.8) is 0 Å². The van der Waals surface area contributed by atoms with Crippen molar-refractivity contribution in [3.8, 4) is 0 Å². The third-order valence-electron chi connectivity index (χ3n) is 2.41. The van der Waals surface area contributed by atoms with Gasteiger partial charge in [-0.15, -0.1) is 0 Å². The van der Waals surface area contributed by atoms with Gasteiger partial charge in [-0.2, -0.15) is 0 Å². The predicted octanol–water partition coefficient (Wildman–Crippen LogP) is 3.32. The average molecular weight is 219 g/mol. The number of benzene rings is 2. The van der Waals surface area contributed by atoms with Gasteiger partial charge in [0.15, 0.2) is 0 Å². The summed E-state index contributed by atoms with van der Waals surface area (Å²) in [5.41, 5.74) is 2.42. The fraction of sp³-hybridized carbons (Fsp3) is 0. The second-order valence-electron chi connectivity index (χ2n) is 3.22. The van der Waals surface area contributed by atoms with Crippen molar-refractivity contribution in [3.05, 3.63) is 48.5 Å². The van der Waals surface area contributed by atoms with Gasteiger partial charge in [0.2, 0.25) is 0 Å². The van der Waals surface area contributed by atoms with Crippen LogP contribution in [0.3, 0.4) is 0 Å². The van der Waals surface area contributed by atoms with Crippen LogP contribution in [0.4, 0.5) is 0 Å². The van der Waals surface area contributed by atoms with Crippen molar-refractivity contribution in [2.75, 3.05) is 0 Å². The molecule has 0 aliphatic carbocycles. The maximum atomic E-state index is 3.38. The number of hydrogen-bond donors (Lipinski definition) is 1. The van der Waals surface area contributed by atoms with E-state index in [-0.39, 0.29) is 17.4 Å². The largest absolute Gasteiger partial charge is 0.355 e. The first kappa shape index (κ1) is 9.33. The van der Waals surface area contributed by atoms with Crippen LogP contribution in [0.15, 0.2) is 48.5 Å². The maximum absolute atomic E-state index is 3.38. The van der Waals surface area contributed by atoms with Crippen molar-refractivity contribution in [2.24, 2.45) is 0 Å². The predicted molar refractivity (Wildman–Crippen MR) is 55.8 cm³/mol. The van der Waals surface area contributed by atoms with Crippen LogP contribution < -0.4 is 0 Å². The summed E-state index contributed by atoms with van der Waals surface area (Å²) in [4.78, 5) is 3.38. The third-order valence-corrected chi connectivity index (χ3v) is 2.41. The van der Waals surface area contributed by atoms with E-state index in [2.05, 4.69) is 53.5 Å². The quantitative estimate of drug-likeness (QED) is 0.597. The van der Waals surface area contributed by atoms with Crippen molar-refractivity contribution < 1.29 is 17.4 Å². The standard InChI is InChI=1S/C12H9N.Cr/c1-3-7-11-9(5-1)10-6-2-4-8-12(10)13-11;/h1-8,13H;. The molecule has 0 unspecified atom stereocenters. The van der Waals surface area contributed by atoms with E-state index in [9.17, 15) is 0 Å². The number of H-pyrrole nitrogens is 1. The minimum atomic E-state index is 0. The van der Waals surface area contributed by atoms with Gasteiger partial charge in [-0.3, -0.25) is 0 Å². The monoisotopic (exact) mass is 219 g/mol. The third kappa shape index (κ3) is 1.24. The molecule has 0 aliphatic heterocycles. The van der Waals surface area contributed by atoms with Gasteiger partial charge >= 0.3 is 0 Å². The Morgan fingerprint density at radius 3 is 1.57 bits per heavy atom. The van der Waals surface area contributed by atoms with E-state index in [1.807, 2.05) is 0 Å². The zero-order valence-electron chi connectivity index (χ0n) is 7.53. The molecule has 0 saturated heterocycles. The van der Waals surface area contributed by atoms with Crippen LogP contribution in [-0.2, 0) is 17.4 Å². The molecule has 0 spiro atoms. The average Bonchev–Trinajstić information content (AvgIpc) is 2.56. The molecule has 3 rings (SSSR count). The molecular weight excluding hydrogens is 210 g/mol. The normalized spacial score (nSPS) is 10.3. The van der Waals surface area contributed by atoms with Crippen LogP contribution in [0, 0.1) is 0 Å². The summed E-state index contributed by atoms with van der Waals surface area (Å²) in [6.07, 6.45) is 0. The molecular formula is C12H9CrN. The number of aromatic amines is 1. The topological polar surface area (TPSA) is 15.8 Å². The molecule has 68 valence electrons. The van der Waals surface area contributed by atoms with Gasteiger partial charge in [-0.1, -0.05) is 36.4 Å². The van der Waals surface area contributed by atoms with Gasteiger partial charge in [0.1, 0.15) is 0 Å². The minimum Gasteiger partial charge on any atom is -0.355 e. The molecule has 1 aromatic heterocycles. The van der Waals surface area contributed by atoms with E-state index in [1.165, 1.54) is 21.8 Å². The molecule has 0 bridgehead atoms. The summed E-state index contributed by atoms with van der Waals surface area (Å²) in [5.74, 6) is 0. The maximum Gasteiger partial charge on any atom is 0.0464 e. The molecule has 1 nitrogen and oxygen atoms in total. The van der Waals surface area contributed by atoms with Crippen molar-refractivity contribution in [1.82, 2.24) is 4.98 Å². The molecule has 0 saturated carbocycles. The SMILES string of the molecule is [Cr].c1ccc2c(c1)[nH]c1ccccc12. The Kier molecular flexibility index (Phi) is 2.33. The van der Waals surface area contributed by atoms with E-state index >= 15 is 0 Å². The molecule has 3 aromatic rings. The van der Waals surface area contributed by atoms with Crippen LogP contribution in [0.2, 0.25) is 0 Å². The summed E-state index contributed by atoms with van der Waals surface area (Å²) in [6, 6.07) is 16.8. The number of rotatable bonds is 0. The van der Waals surface area contributed by atoms with Gasteiger partial charge in [-0.05, 0) is 12.1 Å². The zero-order chi connectivity index (χ0) is 8.67. The Hall–Kier alpha value is -1.23. The van der Waals surface area contributed by atoms with Crippen LogP contribution >= 0.6 is 0 Å². The second kappa shape index (κ2) is 3.49. The minimum absolute atomic E-state index is 0. The number of fused-ring (bicyclic) bond motifs is 3. The zero-order valence-corrected chi connectivity index (χ0v) is 8.80. The fourth-order valence-corrected chi connectivity index (χ4v) is 1.80. The van der Waals surface area contributed by atoms with Crippen LogP contribution in [-0.4, -0.2) is 4.98 Å². The van der Waals surface area contributed by atoms with E-state index in [4.69, 9.17) is 0 Å². The summed E-state index contributed by atoms with van der Waals surface area (Å²) in [7, 11) is 0. The molecule has 14 heavy (non-hydrogen) atoms. The molecule has 0 aliphatic rings. The van der Waals surface area contributed by atoms with Crippen LogP contribution in [0.1, 0.15) is 0 Å². The van der Waals surface area contributed by atoms with E-state index in [1.54, 1.807) is 0 Å². The van der Waals surface area contributed by atoms with Gasteiger partial charge in [0, 0.05) is 39.2 Å². The Balaban J connectivity index is 0.000000750. The Labute approximate surface area is 92.9 Å². The van der Waals surface area contributed by atoms with Crippen molar-refractivity contribution in [1.29, 1.82) is 0 Å². The number of aromatic nitrogens is 1. The van der Waals surface area contributed by atoms with Gasteiger partial charge in [0.25, 0.3) is 0 Å². The smallest absolute Gasteiger partial charge is 0.0464 e. The second-order valence-corrected chi connectivity index (χ2v) is 3.22. The van der Waals surface area contributed by atoms with Gasteiger partial charge in [-0.25, -0.2) is 0 Å². The molecule has 1 N–H and O–H groups in total. The molecule has 1 heterocycles. The van der Waals surface area contributed by atoms with E-state index < -0.39 is 0 Å². The first-order chi connectivity index (χ1) is 6.45. The summed E-state index contributed by atoms with van der Waals surface area (Å²) in [6.45, 7) is 0. The number of nitrogens with one attached hydrogen (secondary N) is 1. The molecule has 2 aromatic carbocycles. The van der Waals surface area contributed by atoms with Gasteiger partial charge in [0.05, 0.1) is 0 Å². The Morgan fingerprint density at radius 2 is 1.07 bits per heavy atom. The molecule has 0 atom stereocenters. The fourth-order valence-electron chi connectivity index (χ4n) is 1.80. The number of para-hydroxylation sites is 2. The first-order valence-electron chi connectivity index (χ1n) is 4.40. The number of hydrogen-bond acceptors (Lipinski definition) is 0. The Bertz CT molecular complexity index is 518. The molecule has 0 radical (unpaired) electrons. The summed E-state index contributed by atoms with van der Waals surface area (Å²) < 4.78 is 0. The van der Waals surface area contributed by atoms with E-state index in [0.717, 1.165) is 0 Å². The molecule has 2 heteroatoms. The summed E-state index contributed by atoms with van der Waals surface area (Å²) in [5, 5.41) is 2.61. The van der Waals surface area contributed by atoms with Crippen molar-refractivity contribution in [2.45, 2.75) is 0 Å². The van der Waals surface area contributed by atoms with E-state index in [0.29, 0.717) is 0 Å². The molecule has 0 fully saturated rings. The first-order valence-corrected chi connectivity index (χ1v) is 4.40.